The molecule has 0 saturated carbocycles. The van der Waals surface area contributed by atoms with E-state index >= 15 is 0 Å². The van der Waals surface area contributed by atoms with Crippen LogP contribution >= 0.6 is 0 Å². The van der Waals surface area contributed by atoms with E-state index in [-0.39, 0.29) is 6.10 Å². The Morgan fingerprint density at radius 3 is 2.73 bits per heavy atom. The van der Waals surface area contributed by atoms with Crippen LogP contribution in [0.15, 0.2) is 29.3 Å². The normalized spacial score (nSPS) is 18.2. The van der Waals surface area contributed by atoms with E-state index in [1.807, 2.05) is 19.1 Å². The molecule has 0 aromatic heterocycles. The lowest BCUT2D eigenvalue weighted by Crippen LogP contribution is -2.41. The standard InChI is InChI=1S/C16H24N4O2/c1-2-18-16(20-11-14-4-3-9-22-14)19-10-12-5-7-13(8-6-12)15(17)21/h5-8,14H,2-4,9-11H2,1H3,(H2,17,21)(H2,18,19,20). The second kappa shape index (κ2) is 8.38. The molecule has 6 heteroatoms. The molecule has 1 atom stereocenters. The number of nitrogens with one attached hydrogen (secondary N) is 2. The third-order valence-electron chi connectivity index (χ3n) is 3.52. The Morgan fingerprint density at radius 1 is 1.36 bits per heavy atom. The number of guanidine groups is 1. The molecule has 1 amide bonds. The number of ether oxygens (including phenoxy) is 1. The first-order valence-electron chi connectivity index (χ1n) is 7.71. The second-order valence-electron chi connectivity index (χ2n) is 5.27. The minimum absolute atomic E-state index is 0.277. The van der Waals surface area contributed by atoms with Gasteiger partial charge in [-0.25, -0.2) is 4.99 Å². The van der Waals surface area contributed by atoms with Crippen molar-refractivity contribution in [2.75, 3.05) is 19.7 Å². The van der Waals surface area contributed by atoms with Crippen LogP contribution in [0.25, 0.3) is 0 Å². The van der Waals surface area contributed by atoms with E-state index in [9.17, 15) is 4.79 Å². The highest BCUT2D eigenvalue weighted by Gasteiger charge is 2.15. The molecular weight excluding hydrogens is 280 g/mol. The monoisotopic (exact) mass is 304 g/mol. The van der Waals surface area contributed by atoms with E-state index in [0.717, 1.165) is 44.1 Å². The molecule has 1 aliphatic heterocycles. The molecule has 0 bridgehead atoms. The van der Waals surface area contributed by atoms with E-state index in [1.165, 1.54) is 0 Å². The molecule has 1 heterocycles. The Bertz CT molecular complexity index is 507. The second-order valence-corrected chi connectivity index (χ2v) is 5.27. The van der Waals surface area contributed by atoms with E-state index in [2.05, 4.69) is 15.6 Å². The highest BCUT2D eigenvalue weighted by molar-refractivity contribution is 5.92. The fourth-order valence-electron chi connectivity index (χ4n) is 2.30. The minimum Gasteiger partial charge on any atom is -0.376 e. The third kappa shape index (κ3) is 5.04. The molecule has 120 valence electrons. The van der Waals surface area contributed by atoms with E-state index in [4.69, 9.17) is 10.5 Å². The van der Waals surface area contributed by atoms with Gasteiger partial charge in [0.1, 0.15) is 0 Å². The van der Waals surface area contributed by atoms with Crippen molar-refractivity contribution in [2.24, 2.45) is 10.7 Å². The maximum atomic E-state index is 11.0. The Hall–Kier alpha value is -2.08. The van der Waals surface area contributed by atoms with Gasteiger partial charge < -0.3 is 21.1 Å². The molecule has 1 aromatic carbocycles. The highest BCUT2D eigenvalue weighted by Crippen LogP contribution is 2.10. The van der Waals surface area contributed by atoms with Gasteiger partial charge in [0.25, 0.3) is 0 Å². The van der Waals surface area contributed by atoms with Crippen molar-refractivity contribution in [2.45, 2.75) is 32.4 Å². The molecule has 0 aliphatic carbocycles. The fraction of sp³-hybridized carbons (Fsp3) is 0.500. The number of rotatable bonds is 6. The van der Waals surface area contributed by atoms with Gasteiger partial charge >= 0.3 is 0 Å². The van der Waals surface area contributed by atoms with Crippen LogP contribution in [0.3, 0.4) is 0 Å². The lowest BCUT2D eigenvalue weighted by Gasteiger charge is -2.14. The predicted octanol–water partition coefficient (Wildman–Crippen LogP) is 1.02. The first-order valence-corrected chi connectivity index (χ1v) is 7.71. The van der Waals surface area contributed by atoms with Gasteiger partial charge in [0.15, 0.2) is 5.96 Å². The van der Waals surface area contributed by atoms with Gasteiger partial charge in [-0.05, 0) is 37.5 Å². The topological polar surface area (TPSA) is 88.7 Å². The summed E-state index contributed by atoms with van der Waals surface area (Å²) in [6.45, 7) is 5.00. The number of aliphatic imine (C=N–C) groups is 1. The molecule has 0 spiro atoms. The van der Waals surface area contributed by atoms with Gasteiger partial charge in [-0.3, -0.25) is 4.79 Å². The zero-order valence-corrected chi connectivity index (χ0v) is 13.0. The van der Waals surface area contributed by atoms with Gasteiger partial charge in [0, 0.05) is 25.3 Å². The van der Waals surface area contributed by atoms with Crippen molar-refractivity contribution < 1.29 is 9.53 Å². The Morgan fingerprint density at radius 2 is 2.14 bits per heavy atom. The summed E-state index contributed by atoms with van der Waals surface area (Å²) < 4.78 is 5.59. The van der Waals surface area contributed by atoms with Gasteiger partial charge in [-0.2, -0.15) is 0 Å². The van der Waals surface area contributed by atoms with Crippen molar-refractivity contribution in [3.8, 4) is 0 Å². The van der Waals surface area contributed by atoms with Crippen LogP contribution < -0.4 is 16.4 Å². The van der Waals surface area contributed by atoms with E-state index in [0.29, 0.717) is 12.1 Å². The van der Waals surface area contributed by atoms with Crippen LogP contribution in [0.1, 0.15) is 35.7 Å². The van der Waals surface area contributed by atoms with Gasteiger partial charge in [-0.15, -0.1) is 0 Å². The maximum absolute atomic E-state index is 11.0. The Balaban J connectivity index is 1.89. The van der Waals surface area contributed by atoms with E-state index in [1.54, 1.807) is 12.1 Å². The fourth-order valence-corrected chi connectivity index (χ4v) is 2.30. The van der Waals surface area contributed by atoms with Crippen LogP contribution in [-0.2, 0) is 11.3 Å². The lowest BCUT2D eigenvalue weighted by molar-refractivity contribution is 0.1000. The van der Waals surface area contributed by atoms with Gasteiger partial charge in [0.05, 0.1) is 12.6 Å². The van der Waals surface area contributed by atoms with Crippen molar-refractivity contribution in [1.82, 2.24) is 10.6 Å². The van der Waals surface area contributed by atoms with Crippen molar-refractivity contribution in [3.63, 3.8) is 0 Å². The Kier molecular flexibility index (Phi) is 6.21. The molecule has 1 aliphatic rings. The number of benzene rings is 1. The Labute approximate surface area is 131 Å². The third-order valence-corrected chi connectivity index (χ3v) is 3.52. The summed E-state index contributed by atoms with van der Waals surface area (Å²) in [7, 11) is 0. The highest BCUT2D eigenvalue weighted by atomic mass is 16.5. The summed E-state index contributed by atoms with van der Waals surface area (Å²) >= 11 is 0. The molecule has 4 N–H and O–H groups in total. The minimum atomic E-state index is -0.415. The van der Waals surface area contributed by atoms with Crippen LogP contribution in [0.2, 0.25) is 0 Å². The van der Waals surface area contributed by atoms with Gasteiger partial charge in [-0.1, -0.05) is 12.1 Å². The first-order chi connectivity index (χ1) is 10.7. The van der Waals surface area contributed by atoms with E-state index < -0.39 is 5.91 Å². The average Bonchev–Trinajstić information content (AvgIpc) is 3.04. The number of nitrogens with two attached hydrogens (primary N) is 1. The smallest absolute Gasteiger partial charge is 0.248 e. The maximum Gasteiger partial charge on any atom is 0.248 e. The van der Waals surface area contributed by atoms with Gasteiger partial charge in [0.2, 0.25) is 5.91 Å². The zero-order chi connectivity index (χ0) is 15.8. The number of primary amides is 1. The summed E-state index contributed by atoms with van der Waals surface area (Å²) in [4.78, 5) is 15.6. The molecule has 6 nitrogen and oxygen atoms in total. The molecular formula is C16H24N4O2. The average molecular weight is 304 g/mol. The number of amides is 1. The summed E-state index contributed by atoms with van der Waals surface area (Å²) in [6, 6.07) is 7.18. The van der Waals surface area contributed by atoms with Crippen LogP contribution in [-0.4, -0.2) is 37.7 Å². The summed E-state index contributed by atoms with van der Waals surface area (Å²) in [5.41, 5.74) is 6.76. The molecule has 22 heavy (non-hydrogen) atoms. The van der Waals surface area contributed by atoms with Crippen LogP contribution in [0.5, 0.6) is 0 Å². The van der Waals surface area contributed by atoms with Crippen LogP contribution in [0.4, 0.5) is 0 Å². The predicted molar refractivity (Wildman–Crippen MR) is 86.8 cm³/mol. The summed E-state index contributed by atoms with van der Waals surface area (Å²) in [5.74, 6) is 0.360. The van der Waals surface area contributed by atoms with Crippen molar-refractivity contribution >= 4 is 11.9 Å². The summed E-state index contributed by atoms with van der Waals surface area (Å²) in [5, 5.41) is 6.52. The van der Waals surface area contributed by atoms with Crippen molar-refractivity contribution in [3.05, 3.63) is 35.4 Å². The molecule has 1 fully saturated rings. The molecule has 1 aromatic rings. The lowest BCUT2D eigenvalue weighted by atomic mass is 10.1. The quantitative estimate of drug-likeness (QED) is 0.541. The zero-order valence-electron chi connectivity index (χ0n) is 13.0. The molecule has 2 rings (SSSR count). The molecule has 1 saturated heterocycles. The van der Waals surface area contributed by atoms with Crippen molar-refractivity contribution in [1.29, 1.82) is 0 Å². The number of carbonyl (C=O) groups is 1. The number of hydrogen-bond acceptors (Lipinski definition) is 3. The SMILES string of the molecule is CCNC(=NCc1ccc(C(N)=O)cc1)NCC1CCCO1. The molecule has 0 radical (unpaired) electrons. The first kappa shape index (κ1) is 16.3. The number of carbonyl (C=O) groups excluding carboxylic acids is 1. The summed E-state index contributed by atoms with van der Waals surface area (Å²) in [6.07, 6.45) is 2.51. The number of hydrogen-bond donors (Lipinski definition) is 3. The largest absolute Gasteiger partial charge is 0.376 e. The van der Waals surface area contributed by atoms with Crippen LogP contribution in [0, 0.1) is 0 Å². The number of nitrogens with zero attached hydrogens (tertiary/aromatic N) is 1. The molecule has 1 unspecified atom stereocenters.